The summed E-state index contributed by atoms with van der Waals surface area (Å²) in [5.74, 6) is 2.01. The van der Waals surface area contributed by atoms with Crippen LogP contribution in [0.4, 0.5) is 0 Å². The van der Waals surface area contributed by atoms with Gasteiger partial charge in [-0.05, 0) is 44.0 Å². The monoisotopic (exact) mass is 203 g/mol. The van der Waals surface area contributed by atoms with Gasteiger partial charge >= 0.3 is 0 Å². The number of nitrogens with one attached hydrogen (secondary N) is 1. The number of hydrogen-bond acceptors (Lipinski definition) is 3. The van der Waals surface area contributed by atoms with Crippen molar-refractivity contribution in [2.75, 3.05) is 25.4 Å². The van der Waals surface area contributed by atoms with Gasteiger partial charge in [-0.25, -0.2) is 0 Å². The maximum absolute atomic E-state index is 8.67. The molecule has 0 bridgehead atoms. The number of aliphatic hydroxyl groups excluding tert-OH is 1. The Morgan fingerprint density at radius 1 is 1.46 bits per heavy atom. The minimum absolute atomic E-state index is 0.339. The lowest BCUT2D eigenvalue weighted by atomic mass is 9.95. The number of rotatable bonds is 5. The van der Waals surface area contributed by atoms with Crippen molar-refractivity contribution in [3.05, 3.63) is 0 Å². The van der Waals surface area contributed by atoms with E-state index in [2.05, 4.69) is 12.2 Å². The van der Waals surface area contributed by atoms with Gasteiger partial charge in [-0.1, -0.05) is 6.92 Å². The Bertz CT molecular complexity index is 126. The first-order valence-corrected chi connectivity index (χ1v) is 6.32. The number of piperidine rings is 1. The first-order valence-electron chi connectivity index (χ1n) is 5.27. The van der Waals surface area contributed by atoms with Gasteiger partial charge in [-0.15, -0.1) is 0 Å². The molecule has 0 aromatic carbocycles. The van der Waals surface area contributed by atoms with E-state index in [1.807, 2.05) is 11.8 Å². The van der Waals surface area contributed by atoms with Gasteiger partial charge < -0.3 is 10.4 Å². The van der Waals surface area contributed by atoms with Crippen LogP contribution in [0.1, 0.15) is 26.2 Å². The Labute approximate surface area is 85.5 Å². The summed E-state index contributed by atoms with van der Waals surface area (Å²) >= 11 is 2.02. The van der Waals surface area contributed by atoms with Crippen LogP contribution >= 0.6 is 11.8 Å². The lowest BCUT2D eigenvalue weighted by Gasteiger charge is -2.27. The Morgan fingerprint density at radius 2 is 2.15 bits per heavy atom. The molecule has 1 aliphatic heterocycles. The predicted octanol–water partition coefficient (Wildman–Crippen LogP) is 1.49. The average Bonchev–Trinajstić information content (AvgIpc) is 2.19. The second-order valence-corrected chi connectivity index (χ2v) is 5.23. The molecule has 0 aromatic heterocycles. The van der Waals surface area contributed by atoms with Crippen molar-refractivity contribution in [1.29, 1.82) is 0 Å². The van der Waals surface area contributed by atoms with Gasteiger partial charge in [0.15, 0.2) is 0 Å². The molecule has 0 spiro atoms. The molecule has 78 valence electrons. The largest absolute Gasteiger partial charge is 0.396 e. The molecule has 0 aromatic rings. The molecule has 1 unspecified atom stereocenters. The molecule has 0 amide bonds. The molecule has 13 heavy (non-hydrogen) atoms. The SMILES string of the molecule is CC(SCCCO)C1CCNCC1. The van der Waals surface area contributed by atoms with E-state index < -0.39 is 0 Å². The zero-order valence-electron chi connectivity index (χ0n) is 8.46. The fourth-order valence-corrected chi connectivity index (χ4v) is 3.00. The zero-order chi connectivity index (χ0) is 9.52. The van der Waals surface area contributed by atoms with Crippen molar-refractivity contribution < 1.29 is 5.11 Å². The van der Waals surface area contributed by atoms with Gasteiger partial charge in [0.1, 0.15) is 0 Å². The summed E-state index contributed by atoms with van der Waals surface area (Å²) in [6, 6.07) is 0. The average molecular weight is 203 g/mol. The van der Waals surface area contributed by atoms with E-state index in [1.165, 1.54) is 25.9 Å². The third-order valence-electron chi connectivity index (χ3n) is 2.73. The summed E-state index contributed by atoms with van der Waals surface area (Å²) in [4.78, 5) is 0. The third-order valence-corrected chi connectivity index (χ3v) is 4.17. The van der Waals surface area contributed by atoms with Gasteiger partial charge in [-0.2, -0.15) is 11.8 Å². The maximum Gasteiger partial charge on any atom is 0.0438 e. The highest BCUT2D eigenvalue weighted by atomic mass is 32.2. The van der Waals surface area contributed by atoms with Crippen LogP contribution in [-0.4, -0.2) is 35.8 Å². The summed E-state index contributed by atoms with van der Waals surface area (Å²) in [5, 5.41) is 12.8. The molecular weight excluding hydrogens is 182 g/mol. The molecule has 2 N–H and O–H groups in total. The number of thioether (sulfide) groups is 1. The minimum Gasteiger partial charge on any atom is -0.396 e. The Balaban J connectivity index is 2.09. The fourth-order valence-electron chi connectivity index (χ4n) is 1.78. The van der Waals surface area contributed by atoms with Gasteiger partial charge in [0, 0.05) is 11.9 Å². The topological polar surface area (TPSA) is 32.3 Å². The molecule has 1 rings (SSSR count). The standard InChI is InChI=1S/C10H21NOS/c1-9(13-8-2-7-12)10-3-5-11-6-4-10/h9-12H,2-8H2,1H3. The molecule has 0 saturated carbocycles. The van der Waals surface area contributed by atoms with Crippen LogP contribution in [0.2, 0.25) is 0 Å². The Morgan fingerprint density at radius 3 is 2.77 bits per heavy atom. The molecule has 3 heteroatoms. The summed E-state index contributed by atoms with van der Waals surface area (Å²) in [7, 11) is 0. The zero-order valence-corrected chi connectivity index (χ0v) is 9.28. The Kier molecular flexibility index (Phi) is 5.83. The van der Waals surface area contributed by atoms with Crippen molar-refractivity contribution in [3.63, 3.8) is 0 Å². The van der Waals surface area contributed by atoms with Crippen LogP contribution in [0.25, 0.3) is 0 Å². The molecular formula is C10H21NOS. The number of hydrogen-bond donors (Lipinski definition) is 2. The summed E-state index contributed by atoms with van der Waals surface area (Å²) < 4.78 is 0. The van der Waals surface area contributed by atoms with E-state index in [4.69, 9.17) is 5.11 Å². The van der Waals surface area contributed by atoms with Crippen molar-refractivity contribution in [1.82, 2.24) is 5.32 Å². The maximum atomic E-state index is 8.67. The first-order chi connectivity index (χ1) is 6.34. The van der Waals surface area contributed by atoms with E-state index in [0.29, 0.717) is 6.61 Å². The highest BCUT2D eigenvalue weighted by Gasteiger charge is 2.19. The van der Waals surface area contributed by atoms with E-state index in [-0.39, 0.29) is 0 Å². The molecule has 1 saturated heterocycles. The highest BCUT2D eigenvalue weighted by Crippen LogP contribution is 2.26. The lowest BCUT2D eigenvalue weighted by Crippen LogP contribution is -2.31. The van der Waals surface area contributed by atoms with Crippen LogP contribution in [0.3, 0.4) is 0 Å². The molecule has 1 atom stereocenters. The second kappa shape index (κ2) is 6.68. The van der Waals surface area contributed by atoms with E-state index in [1.54, 1.807) is 0 Å². The molecule has 0 aliphatic carbocycles. The van der Waals surface area contributed by atoms with E-state index in [9.17, 15) is 0 Å². The molecule has 1 heterocycles. The van der Waals surface area contributed by atoms with Crippen LogP contribution in [0.5, 0.6) is 0 Å². The predicted molar refractivity (Wildman–Crippen MR) is 59.2 cm³/mol. The molecule has 1 aliphatic rings. The molecule has 2 nitrogen and oxygen atoms in total. The minimum atomic E-state index is 0.339. The highest BCUT2D eigenvalue weighted by molar-refractivity contribution is 7.99. The second-order valence-electron chi connectivity index (χ2n) is 3.74. The Hall–Kier alpha value is 0.270. The van der Waals surface area contributed by atoms with E-state index in [0.717, 1.165) is 23.3 Å². The molecule has 1 fully saturated rings. The van der Waals surface area contributed by atoms with Gasteiger partial charge in [-0.3, -0.25) is 0 Å². The van der Waals surface area contributed by atoms with Crippen LogP contribution in [0, 0.1) is 5.92 Å². The van der Waals surface area contributed by atoms with Crippen molar-refractivity contribution in [2.45, 2.75) is 31.4 Å². The third kappa shape index (κ3) is 4.34. The van der Waals surface area contributed by atoms with Crippen molar-refractivity contribution >= 4 is 11.8 Å². The number of aliphatic hydroxyl groups is 1. The summed E-state index contributed by atoms with van der Waals surface area (Å²) in [5.41, 5.74) is 0. The van der Waals surface area contributed by atoms with Gasteiger partial charge in [0.2, 0.25) is 0 Å². The van der Waals surface area contributed by atoms with Gasteiger partial charge in [0.05, 0.1) is 0 Å². The van der Waals surface area contributed by atoms with Crippen LogP contribution < -0.4 is 5.32 Å². The van der Waals surface area contributed by atoms with Crippen molar-refractivity contribution in [3.8, 4) is 0 Å². The lowest BCUT2D eigenvalue weighted by molar-refractivity contribution is 0.296. The van der Waals surface area contributed by atoms with E-state index >= 15 is 0 Å². The van der Waals surface area contributed by atoms with Gasteiger partial charge in [0.25, 0.3) is 0 Å². The first kappa shape index (κ1) is 11.3. The van der Waals surface area contributed by atoms with Crippen molar-refractivity contribution in [2.24, 2.45) is 5.92 Å². The summed E-state index contributed by atoms with van der Waals surface area (Å²) in [6.07, 6.45) is 3.60. The molecule has 0 radical (unpaired) electrons. The van der Waals surface area contributed by atoms with Crippen LogP contribution in [-0.2, 0) is 0 Å². The quantitative estimate of drug-likeness (QED) is 0.664. The normalized spacial score (nSPS) is 21.7. The summed E-state index contributed by atoms with van der Waals surface area (Å²) in [6.45, 7) is 5.05. The smallest absolute Gasteiger partial charge is 0.0438 e. The fraction of sp³-hybridized carbons (Fsp3) is 1.00. The van der Waals surface area contributed by atoms with Crippen LogP contribution in [0.15, 0.2) is 0 Å².